The van der Waals surface area contributed by atoms with Gasteiger partial charge in [0.2, 0.25) is 0 Å². The van der Waals surface area contributed by atoms with Gasteiger partial charge in [0.05, 0.1) is 11.6 Å². The van der Waals surface area contributed by atoms with E-state index < -0.39 is 0 Å². The fraction of sp³-hybridized carbons (Fsp3) is 0.533. The third-order valence-corrected chi connectivity index (χ3v) is 3.84. The first kappa shape index (κ1) is 13.1. The lowest BCUT2D eigenvalue weighted by Crippen LogP contribution is -2.39. The molecular formula is C15H21N3. The van der Waals surface area contributed by atoms with Crippen LogP contribution in [0.2, 0.25) is 0 Å². The number of nitrogens with two attached hydrogens (primary N) is 1. The Kier molecular flexibility index (Phi) is 4.35. The summed E-state index contributed by atoms with van der Waals surface area (Å²) in [7, 11) is 0. The van der Waals surface area contributed by atoms with Crippen LogP contribution in [0.4, 0.5) is 0 Å². The summed E-state index contributed by atoms with van der Waals surface area (Å²) >= 11 is 0. The van der Waals surface area contributed by atoms with Crippen LogP contribution < -0.4 is 5.73 Å². The summed E-state index contributed by atoms with van der Waals surface area (Å²) in [6.07, 6.45) is 2.38. The summed E-state index contributed by atoms with van der Waals surface area (Å²) in [5.74, 6) is 0.673. The van der Waals surface area contributed by atoms with E-state index in [1.807, 2.05) is 18.2 Å². The van der Waals surface area contributed by atoms with E-state index in [1.165, 1.54) is 18.4 Å². The minimum absolute atomic E-state index is 0.314. The van der Waals surface area contributed by atoms with Crippen molar-refractivity contribution in [2.24, 2.45) is 11.7 Å². The van der Waals surface area contributed by atoms with Gasteiger partial charge in [-0.2, -0.15) is 5.26 Å². The second kappa shape index (κ2) is 5.99. The van der Waals surface area contributed by atoms with E-state index in [0.717, 1.165) is 25.2 Å². The van der Waals surface area contributed by atoms with Crippen LogP contribution in [-0.2, 0) is 6.54 Å². The summed E-state index contributed by atoms with van der Waals surface area (Å²) in [6.45, 7) is 5.28. The van der Waals surface area contributed by atoms with Crippen molar-refractivity contribution in [3.63, 3.8) is 0 Å². The van der Waals surface area contributed by atoms with Crippen LogP contribution in [-0.4, -0.2) is 24.0 Å². The van der Waals surface area contributed by atoms with Gasteiger partial charge in [0.25, 0.3) is 0 Å². The van der Waals surface area contributed by atoms with E-state index >= 15 is 0 Å². The summed E-state index contributed by atoms with van der Waals surface area (Å²) in [5.41, 5.74) is 7.93. The number of rotatable bonds is 3. The van der Waals surface area contributed by atoms with Crippen LogP contribution in [0.25, 0.3) is 0 Å². The quantitative estimate of drug-likeness (QED) is 0.884. The Bertz CT molecular complexity index is 426. The Balaban J connectivity index is 1.90. The lowest BCUT2D eigenvalue weighted by Gasteiger charge is -2.33. The molecule has 0 aromatic heterocycles. The van der Waals surface area contributed by atoms with E-state index in [-0.39, 0.29) is 0 Å². The molecule has 1 aliphatic rings. The highest BCUT2D eigenvalue weighted by Gasteiger charge is 2.21. The Morgan fingerprint density at radius 1 is 1.44 bits per heavy atom. The maximum atomic E-state index is 8.89. The van der Waals surface area contributed by atoms with Crippen LogP contribution in [0, 0.1) is 17.2 Å². The molecule has 0 bridgehead atoms. The monoisotopic (exact) mass is 243 g/mol. The molecule has 2 N–H and O–H groups in total. The molecule has 1 fully saturated rings. The molecule has 1 unspecified atom stereocenters. The highest BCUT2D eigenvalue weighted by molar-refractivity contribution is 5.32. The number of hydrogen-bond acceptors (Lipinski definition) is 3. The molecular weight excluding hydrogens is 222 g/mol. The molecule has 3 heteroatoms. The maximum Gasteiger partial charge on any atom is 0.0991 e. The molecule has 18 heavy (non-hydrogen) atoms. The van der Waals surface area contributed by atoms with Crippen molar-refractivity contribution < 1.29 is 0 Å². The van der Waals surface area contributed by atoms with Crippen LogP contribution in [0.3, 0.4) is 0 Å². The van der Waals surface area contributed by atoms with Crippen LogP contribution in [0.5, 0.6) is 0 Å². The first-order valence-electron chi connectivity index (χ1n) is 6.66. The van der Waals surface area contributed by atoms with Gasteiger partial charge in [-0.1, -0.05) is 12.1 Å². The van der Waals surface area contributed by atoms with Crippen molar-refractivity contribution in [3.8, 4) is 6.07 Å². The third kappa shape index (κ3) is 3.32. The molecule has 1 aliphatic heterocycles. The molecule has 0 radical (unpaired) electrons. The molecule has 1 heterocycles. The van der Waals surface area contributed by atoms with E-state index in [2.05, 4.69) is 24.0 Å². The zero-order valence-corrected chi connectivity index (χ0v) is 11.0. The topological polar surface area (TPSA) is 53.0 Å². The van der Waals surface area contributed by atoms with Gasteiger partial charge in [-0.05, 0) is 56.5 Å². The molecule has 0 amide bonds. The van der Waals surface area contributed by atoms with Crippen molar-refractivity contribution in [3.05, 3.63) is 35.4 Å². The van der Waals surface area contributed by atoms with E-state index in [9.17, 15) is 0 Å². The third-order valence-electron chi connectivity index (χ3n) is 3.84. The molecule has 1 aromatic rings. The van der Waals surface area contributed by atoms with E-state index in [1.54, 1.807) is 0 Å². The lowest BCUT2D eigenvalue weighted by molar-refractivity contribution is 0.166. The molecule has 1 atom stereocenters. The van der Waals surface area contributed by atoms with Gasteiger partial charge >= 0.3 is 0 Å². The fourth-order valence-corrected chi connectivity index (χ4v) is 2.63. The minimum atomic E-state index is 0.314. The molecule has 96 valence electrons. The summed E-state index contributed by atoms with van der Waals surface area (Å²) in [6, 6.07) is 10.4. The van der Waals surface area contributed by atoms with Crippen molar-refractivity contribution >= 4 is 0 Å². The molecule has 0 aliphatic carbocycles. The fourth-order valence-electron chi connectivity index (χ4n) is 2.63. The van der Waals surface area contributed by atoms with Crippen LogP contribution >= 0.6 is 0 Å². The van der Waals surface area contributed by atoms with Gasteiger partial charge in [0.1, 0.15) is 0 Å². The SMILES string of the molecule is CC(N)C1CCN(Cc2cccc(C#N)c2)CC1. The number of piperidine rings is 1. The molecule has 2 rings (SSSR count). The predicted molar refractivity (Wildman–Crippen MR) is 72.8 cm³/mol. The summed E-state index contributed by atoms with van der Waals surface area (Å²) in [5, 5.41) is 8.89. The molecule has 3 nitrogen and oxygen atoms in total. The standard InChI is InChI=1S/C15H21N3/c1-12(17)15-5-7-18(8-6-15)11-14-4-2-3-13(9-14)10-16/h2-4,9,12,15H,5-8,11,17H2,1H3. The van der Waals surface area contributed by atoms with E-state index in [4.69, 9.17) is 11.0 Å². The maximum absolute atomic E-state index is 8.89. The smallest absolute Gasteiger partial charge is 0.0991 e. The van der Waals surface area contributed by atoms with Crippen molar-refractivity contribution in [2.75, 3.05) is 13.1 Å². The normalized spacial score (nSPS) is 19.4. The zero-order chi connectivity index (χ0) is 13.0. The van der Waals surface area contributed by atoms with Gasteiger partial charge in [-0.3, -0.25) is 4.90 Å². The average Bonchev–Trinajstić information content (AvgIpc) is 2.39. The Labute approximate surface area is 109 Å². The van der Waals surface area contributed by atoms with E-state index in [0.29, 0.717) is 12.0 Å². The first-order chi connectivity index (χ1) is 8.69. The van der Waals surface area contributed by atoms with Crippen molar-refractivity contribution in [1.82, 2.24) is 4.90 Å². The van der Waals surface area contributed by atoms with Crippen LogP contribution in [0.1, 0.15) is 30.9 Å². The average molecular weight is 243 g/mol. The molecule has 1 saturated heterocycles. The van der Waals surface area contributed by atoms with Gasteiger partial charge in [-0.15, -0.1) is 0 Å². The summed E-state index contributed by atoms with van der Waals surface area (Å²) < 4.78 is 0. The minimum Gasteiger partial charge on any atom is -0.328 e. The predicted octanol–water partition coefficient (Wildman–Crippen LogP) is 2.12. The molecule has 1 aromatic carbocycles. The number of nitriles is 1. The largest absolute Gasteiger partial charge is 0.328 e. The van der Waals surface area contributed by atoms with Crippen molar-refractivity contribution in [2.45, 2.75) is 32.4 Å². The summed E-state index contributed by atoms with van der Waals surface area (Å²) in [4.78, 5) is 2.45. The van der Waals surface area contributed by atoms with Gasteiger partial charge in [-0.25, -0.2) is 0 Å². The number of hydrogen-bond donors (Lipinski definition) is 1. The lowest BCUT2D eigenvalue weighted by atomic mass is 9.91. The number of likely N-dealkylation sites (tertiary alicyclic amines) is 1. The molecule has 0 spiro atoms. The Hall–Kier alpha value is -1.37. The molecule has 0 saturated carbocycles. The zero-order valence-electron chi connectivity index (χ0n) is 11.0. The number of benzene rings is 1. The first-order valence-corrected chi connectivity index (χ1v) is 6.66. The second-order valence-electron chi connectivity index (χ2n) is 5.28. The Morgan fingerprint density at radius 2 is 2.17 bits per heavy atom. The van der Waals surface area contributed by atoms with Gasteiger partial charge < -0.3 is 5.73 Å². The van der Waals surface area contributed by atoms with Gasteiger partial charge in [0.15, 0.2) is 0 Å². The second-order valence-corrected chi connectivity index (χ2v) is 5.28. The van der Waals surface area contributed by atoms with Crippen LogP contribution in [0.15, 0.2) is 24.3 Å². The highest BCUT2D eigenvalue weighted by Crippen LogP contribution is 2.21. The van der Waals surface area contributed by atoms with Gasteiger partial charge in [0, 0.05) is 12.6 Å². The Morgan fingerprint density at radius 3 is 2.78 bits per heavy atom. The highest BCUT2D eigenvalue weighted by atomic mass is 15.1. The number of nitrogens with zero attached hydrogens (tertiary/aromatic N) is 2. The van der Waals surface area contributed by atoms with Crippen molar-refractivity contribution in [1.29, 1.82) is 5.26 Å².